The molecule has 19 heavy (non-hydrogen) atoms. The summed E-state index contributed by atoms with van der Waals surface area (Å²) in [5.74, 6) is 0.523. The van der Waals surface area contributed by atoms with Gasteiger partial charge in [-0.3, -0.25) is 4.57 Å². The van der Waals surface area contributed by atoms with E-state index in [4.69, 9.17) is 23.2 Å². The van der Waals surface area contributed by atoms with Crippen LogP contribution in [0.5, 0.6) is 0 Å². The summed E-state index contributed by atoms with van der Waals surface area (Å²) >= 11 is 13.3. The van der Waals surface area contributed by atoms with Crippen LogP contribution in [0.25, 0.3) is 0 Å². The largest absolute Gasteiger partial charge is 0.372 e. The molecule has 0 spiro atoms. The van der Waals surface area contributed by atoms with Gasteiger partial charge in [-0.2, -0.15) is 0 Å². The number of H-pyrrole nitrogens is 1. The molecule has 0 bridgehead atoms. The minimum atomic E-state index is -0.260. The van der Waals surface area contributed by atoms with Crippen LogP contribution in [0.2, 0.25) is 10.0 Å². The monoisotopic (exact) mass is 319 g/mol. The second-order valence-corrected chi connectivity index (χ2v) is 5.28. The zero-order valence-corrected chi connectivity index (χ0v) is 12.5. The molecule has 0 radical (unpaired) electrons. The van der Waals surface area contributed by atoms with Crippen LogP contribution in [0.1, 0.15) is 6.92 Å². The molecule has 0 fully saturated rings. The highest BCUT2D eigenvalue weighted by Crippen LogP contribution is 2.34. The Hall–Kier alpha value is -1.18. The first-order chi connectivity index (χ1) is 9.06. The summed E-state index contributed by atoms with van der Waals surface area (Å²) in [7, 11) is 1.72. The second-order valence-electron chi connectivity index (χ2n) is 3.51. The first kappa shape index (κ1) is 14.2. The van der Waals surface area contributed by atoms with Crippen LogP contribution in [-0.4, -0.2) is 26.8 Å². The van der Waals surface area contributed by atoms with Gasteiger partial charge in [0.15, 0.2) is 5.16 Å². The molecule has 0 amide bonds. The number of aromatic amines is 1. The third kappa shape index (κ3) is 2.88. The van der Waals surface area contributed by atoms with Crippen LogP contribution in [0, 0.1) is 0 Å². The maximum Gasteiger partial charge on any atom is 0.343 e. The Balaban J connectivity index is 2.40. The summed E-state index contributed by atoms with van der Waals surface area (Å²) in [5, 5.41) is 11.1. The van der Waals surface area contributed by atoms with E-state index < -0.39 is 0 Å². The highest BCUT2D eigenvalue weighted by molar-refractivity contribution is 7.99. The van der Waals surface area contributed by atoms with Gasteiger partial charge in [-0.25, -0.2) is 14.9 Å². The maximum absolute atomic E-state index is 11.5. The van der Waals surface area contributed by atoms with E-state index in [0.717, 1.165) is 0 Å². The highest BCUT2D eigenvalue weighted by Gasteiger charge is 2.14. The van der Waals surface area contributed by atoms with Gasteiger partial charge in [-0.05, 0) is 24.8 Å². The zero-order chi connectivity index (χ0) is 14.0. The topological polar surface area (TPSA) is 75.6 Å². The normalized spacial score (nSPS) is 10.7. The molecular weight excluding hydrogens is 309 g/mol. The molecule has 0 atom stereocenters. The molecule has 0 saturated carbocycles. The minimum absolute atomic E-state index is 0.260. The van der Waals surface area contributed by atoms with E-state index in [1.165, 1.54) is 16.3 Å². The lowest BCUT2D eigenvalue weighted by molar-refractivity contribution is 0.660. The number of pyridine rings is 1. The van der Waals surface area contributed by atoms with Crippen LogP contribution < -0.4 is 11.0 Å². The standard InChI is InChI=1S/C10H11Cl2N5OS/c1-3-17-9(18)15-16-10(17)19-8-6(12)4-5(11)7(13-2)14-8/h4H,3H2,1-2H3,(H,13,14)(H,15,18). The molecule has 2 aromatic rings. The molecule has 2 N–H and O–H groups in total. The molecule has 0 unspecified atom stereocenters. The molecular formula is C10H11Cl2N5OS. The van der Waals surface area contributed by atoms with Crippen LogP contribution in [0.15, 0.2) is 21.0 Å². The number of nitrogens with zero attached hydrogens (tertiary/aromatic N) is 3. The minimum Gasteiger partial charge on any atom is -0.372 e. The van der Waals surface area contributed by atoms with Crippen LogP contribution in [-0.2, 0) is 6.54 Å². The summed E-state index contributed by atoms with van der Waals surface area (Å²) in [4.78, 5) is 15.8. The van der Waals surface area contributed by atoms with Crippen molar-refractivity contribution >= 4 is 40.8 Å². The van der Waals surface area contributed by atoms with Gasteiger partial charge < -0.3 is 5.32 Å². The van der Waals surface area contributed by atoms with Crippen molar-refractivity contribution in [1.82, 2.24) is 19.7 Å². The van der Waals surface area contributed by atoms with Crippen LogP contribution >= 0.6 is 35.0 Å². The van der Waals surface area contributed by atoms with Crippen LogP contribution in [0.3, 0.4) is 0 Å². The van der Waals surface area contributed by atoms with Crippen molar-refractivity contribution in [3.63, 3.8) is 0 Å². The van der Waals surface area contributed by atoms with E-state index in [1.807, 2.05) is 6.92 Å². The predicted octanol–water partition coefficient (Wildman–Crippen LogP) is 2.49. The van der Waals surface area contributed by atoms with Gasteiger partial charge >= 0.3 is 5.69 Å². The number of nitrogens with one attached hydrogen (secondary N) is 2. The Bertz CT molecular complexity index is 654. The first-order valence-electron chi connectivity index (χ1n) is 5.43. The molecule has 0 saturated heterocycles. The van der Waals surface area contributed by atoms with Crippen molar-refractivity contribution in [2.45, 2.75) is 23.7 Å². The van der Waals surface area contributed by atoms with Gasteiger partial charge in [0.1, 0.15) is 10.8 Å². The summed E-state index contributed by atoms with van der Waals surface area (Å²) in [6.07, 6.45) is 0. The smallest absolute Gasteiger partial charge is 0.343 e. The average Bonchev–Trinajstić information content (AvgIpc) is 2.73. The number of anilines is 1. The molecule has 9 heteroatoms. The predicted molar refractivity (Wildman–Crippen MR) is 76.4 cm³/mol. The summed E-state index contributed by atoms with van der Waals surface area (Å²) < 4.78 is 1.50. The van der Waals surface area contributed by atoms with E-state index in [0.29, 0.717) is 32.6 Å². The zero-order valence-electron chi connectivity index (χ0n) is 10.2. The molecule has 0 aliphatic rings. The highest BCUT2D eigenvalue weighted by atomic mass is 35.5. The number of hydrogen-bond acceptors (Lipinski definition) is 5. The van der Waals surface area contributed by atoms with E-state index in [9.17, 15) is 4.79 Å². The SMILES string of the molecule is CCn1c(Sc2nc(NC)c(Cl)cc2Cl)n[nH]c1=O. The summed E-state index contributed by atoms with van der Waals surface area (Å²) in [5.41, 5.74) is -0.260. The fraction of sp³-hybridized carbons (Fsp3) is 0.300. The lowest BCUT2D eigenvalue weighted by Gasteiger charge is -2.07. The third-order valence-electron chi connectivity index (χ3n) is 2.36. The fourth-order valence-corrected chi connectivity index (χ4v) is 2.89. The fourth-order valence-electron chi connectivity index (χ4n) is 1.44. The van der Waals surface area contributed by atoms with Crippen molar-refractivity contribution in [1.29, 1.82) is 0 Å². The Morgan fingerprint density at radius 3 is 2.84 bits per heavy atom. The molecule has 0 aliphatic heterocycles. The summed E-state index contributed by atoms with van der Waals surface area (Å²) in [6, 6.07) is 1.60. The first-order valence-corrected chi connectivity index (χ1v) is 7.01. The van der Waals surface area contributed by atoms with Crippen molar-refractivity contribution in [2.24, 2.45) is 0 Å². The van der Waals surface area contributed by atoms with E-state index in [2.05, 4.69) is 20.5 Å². The average molecular weight is 320 g/mol. The van der Waals surface area contributed by atoms with Gasteiger partial charge in [-0.1, -0.05) is 23.2 Å². The Labute approximate surface area is 123 Å². The van der Waals surface area contributed by atoms with Crippen molar-refractivity contribution in [3.8, 4) is 0 Å². The van der Waals surface area contributed by atoms with E-state index >= 15 is 0 Å². The molecule has 6 nitrogen and oxygen atoms in total. The summed E-state index contributed by atoms with van der Waals surface area (Å²) in [6.45, 7) is 2.37. The number of aromatic nitrogens is 4. The maximum atomic E-state index is 11.5. The molecule has 2 rings (SSSR count). The van der Waals surface area contributed by atoms with Gasteiger partial charge in [0.2, 0.25) is 0 Å². The van der Waals surface area contributed by atoms with Gasteiger partial charge in [-0.15, -0.1) is 5.10 Å². The third-order valence-corrected chi connectivity index (χ3v) is 4.05. The lowest BCUT2D eigenvalue weighted by atomic mass is 10.4. The van der Waals surface area contributed by atoms with Crippen molar-refractivity contribution < 1.29 is 0 Å². The Kier molecular flexibility index (Phi) is 4.38. The van der Waals surface area contributed by atoms with Crippen molar-refractivity contribution in [2.75, 3.05) is 12.4 Å². The second kappa shape index (κ2) is 5.85. The number of hydrogen-bond donors (Lipinski definition) is 2. The van der Waals surface area contributed by atoms with Crippen LogP contribution in [0.4, 0.5) is 5.82 Å². The van der Waals surface area contributed by atoms with Gasteiger partial charge in [0.05, 0.1) is 10.0 Å². The Morgan fingerprint density at radius 1 is 1.47 bits per heavy atom. The van der Waals surface area contributed by atoms with E-state index in [1.54, 1.807) is 13.1 Å². The molecule has 2 heterocycles. The van der Waals surface area contributed by atoms with Crippen molar-refractivity contribution in [3.05, 3.63) is 26.6 Å². The number of rotatable bonds is 4. The lowest BCUT2D eigenvalue weighted by Crippen LogP contribution is -2.16. The molecule has 0 aliphatic carbocycles. The van der Waals surface area contributed by atoms with Gasteiger partial charge in [0.25, 0.3) is 0 Å². The Morgan fingerprint density at radius 2 is 2.21 bits per heavy atom. The molecule has 0 aromatic carbocycles. The molecule has 2 aromatic heterocycles. The quantitative estimate of drug-likeness (QED) is 0.905. The van der Waals surface area contributed by atoms with E-state index in [-0.39, 0.29) is 5.69 Å². The molecule has 102 valence electrons. The number of halogens is 2. The van der Waals surface area contributed by atoms with Gasteiger partial charge in [0, 0.05) is 13.6 Å².